The molecule has 0 bridgehead atoms. The molecule has 1 atom stereocenters. The Labute approximate surface area is 138 Å². The van der Waals surface area contributed by atoms with E-state index in [9.17, 15) is 9.90 Å². The van der Waals surface area contributed by atoms with Gasteiger partial charge in [-0.2, -0.15) is 0 Å². The van der Waals surface area contributed by atoms with Crippen LogP contribution in [0.1, 0.15) is 51.1 Å². The number of carbonyl (C=O) groups is 1. The van der Waals surface area contributed by atoms with Crippen molar-refractivity contribution in [1.29, 1.82) is 0 Å². The lowest BCUT2D eigenvalue weighted by molar-refractivity contribution is -0.132. The van der Waals surface area contributed by atoms with E-state index in [1.807, 2.05) is 6.07 Å². The van der Waals surface area contributed by atoms with Crippen LogP contribution in [0.5, 0.6) is 11.5 Å². The van der Waals surface area contributed by atoms with Gasteiger partial charge in [-0.1, -0.05) is 32.3 Å². The van der Waals surface area contributed by atoms with E-state index in [-0.39, 0.29) is 11.5 Å². The molecule has 23 heavy (non-hydrogen) atoms. The van der Waals surface area contributed by atoms with Crippen LogP contribution < -0.4 is 10.1 Å². The quantitative estimate of drug-likeness (QED) is 0.459. The summed E-state index contributed by atoms with van der Waals surface area (Å²) in [6, 6.07) is 5.72. The number of ether oxygens (including phenoxy) is 1. The highest BCUT2D eigenvalue weighted by Gasteiger charge is 2.22. The first kappa shape index (κ1) is 17.8. The van der Waals surface area contributed by atoms with E-state index in [1.54, 1.807) is 12.1 Å². The molecular formula is C18H28N2O3. The standard InChI is InChI=1S/C18H28N2O3/c1-3-4-5-6-16(20-11-9-19-10-12-20)15-7-8-18(17(22)13-15)23-14(2)21/h7-8,13,16,19,22H,3-6,9-12H2,1-2H3/t16-/m0/s1. The van der Waals surface area contributed by atoms with Crippen LogP contribution in [0.2, 0.25) is 0 Å². The van der Waals surface area contributed by atoms with E-state index >= 15 is 0 Å². The van der Waals surface area contributed by atoms with E-state index in [4.69, 9.17) is 4.74 Å². The number of carbonyl (C=O) groups excluding carboxylic acids is 1. The fourth-order valence-corrected chi connectivity index (χ4v) is 3.12. The first-order valence-corrected chi connectivity index (χ1v) is 8.58. The Hall–Kier alpha value is -1.59. The van der Waals surface area contributed by atoms with Crippen LogP contribution in [0.3, 0.4) is 0 Å². The molecule has 2 rings (SSSR count). The fraction of sp³-hybridized carbons (Fsp3) is 0.611. The Morgan fingerprint density at radius 2 is 2.09 bits per heavy atom. The number of esters is 1. The molecule has 5 heteroatoms. The van der Waals surface area contributed by atoms with Crippen molar-refractivity contribution < 1.29 is 14.6 Å². The van der Waals surface area contributed by atoms with Crippen molar-refractivity contribution in [2.45, 2.75) is 45.6 Å². The van der Waals surface area contributed by atoms with Crippen molar-refractivity contribution in [3.63, 3.8) is 0 Å². The maximum atomic E-state index is 11.1. The highest BCUT2D eigenvalue weighted by Crippen LogP contribution is 2.34. The second-order valence-corrected chi connectivity index (χ2v) is 6.12. The molecule has 0 unspecified atom stereocenters. The molecule has 1 aromatic rings. The van der Waals surface area contributed by atoms with Gasteiger partial charge < -0.3 is 15.2 Å². The van der Waals surface area contributed by atoms with E-state index in [0.717, 1.165) is 38.2 Å². The summed E-state index contributed by atoms with van der Waals surface area (Å²) in [7, 11) is 0. The summed E-state index contributed by atoms with van der Waals surface area (Å²) in [5.41, 5.74) is 1.09. The fourth-order valence-electron chi connectivity index (χ4n) is 3.12. The van der Waals surface area contributed by atoms with Crippen molar-refractivity contribution in [2.24, 2.45) is 0 Å². The summed E-state index contributed by atoms with van der Waals surface area (Å²) >= 11 is 0. The Morgan fingerprint density at radius 1 is 1.35 bits per heavy atom. The van der Waals surface area contributed by atoms with Crippen LogP contribution in [0.15, 0.2) is 18.2 Å². The topological polar surface area (TPSA) is 61.8 Å². The Morgan fingerprint density at radius 3 is 2.70 bits per heavy atom. The molecule has 1 saturated heterocycles. The zero-order valence-corrected chi connectivity index (χ0v) is 14.2. The number of rotatable bonds is 7. The number of piperazine rings is 1. The molecule has 1 aliphatic heterocycles. The normalized spacial score (nSPS) is 17.0. The summed E-state index contributed by atoms with van der Waals surface area (Å²) < 4.78 is 5.01. The van der Waals surface area contributed by atoms with Crippen LogP contribution in [-0.2, 0) is 4.79 Å². The van der Waals surface area contributed by atoms with E-state index in [1.165, 1.54) is 26.2 Å². The third-order valence-electron chi connectivity index (χ3n) is 4.29. The van der Waals surface area contributed by atoms with Gasteiger partial charge in [0.2, 0.25) is 0 Å². The molecule has 0 aromatic heterocycles. The van der Waals surface area contributed by atoms with Gasteiger partial charge in [-0.25, -0.2) is 0 Å². The molecule has 1 heterocycles. The van der Waals surface area contributed by atoms with Crippen LogP contribution in [-0.4, -0.2) is 42.2 Å². The maximum Gasteiger partial charge on any atom is 0.308 e. The largest absolute Gasteiger partial charge is 0.504 e. The van der Waals surface area contributed by atoms with Gasteiger partial charge in [0.1, 0.15) is 0 Å². The summed E-state index contributed by atoms with van der Waals surface area (Å²) in [5, 5.41) is 13.5. The third-order valence-corrected chi connectivity index (χ3v) is 4.29. The predicted octanol–water partition coefficient (Wildman–Crippen LogP) is 2.84. The first-order chi connectivity index (χ1) is 11.1. The highest BCUT2D eigenvalue weighted by molar-refractivity contribution is 5.70. The molecule has 0 radical (unpaired) electrons. The van der Waals surface area contributed by atoms with Crippen LogP contribution in [0.4, 0.5) is 0 Å². The molecule has 128 valence electrons. The molecule has 0 saturated carbocycles. The van der Waals surface area contributed by atoms with Crippen molar-refractivity contribution in [1.82, 2.24) is 10.2 Å². The van der Waals surface area contributed by atoms with E-state index < -0.39 is 5.97 Å². The van der Waals surface area contributed by atoms with Crippen molar-refractivity contribution in [3.8, 4) is 11.5 Å². The summed E-state index contributed by atoms with van der Waals surface area (Å²) in [4.78, 5) is 13.5. The van der Waals surface area contributed by atoms with Gasteiger partial charge >= 0.3 is 5.97 Å². The third kappa shape index (κ3) is 5.22. The van der Waals surface area contributed by atoms with Gasteiger partial charge in [0, 0.05) is 39.1 Å². The lowest BCUT2D eigenvalue weighted by Crippen LogP contribution is -2.45. The van der Waals surface area contributed by atoms with Gasteiger partial charge in [0.15, 0.2) is 11.5 Å². The van der Waals surface area contributed by atoms with Crippen LogP contribution >= 0.6 is 0 Å². The van der Waals surface area contributed by atoms with Crippen molar-refractivity contribution in [3.05, 3.63) is 23.8 Å². The second kappa shape index (κ2) is 8.89. The van der Waals surface area contributed by atoms with Gasteiger partial charge in [-0.15, -0.1) is 0 Å². The number of aromatic hydroxyl groups is 1. The number of nitrogens with zero attached hydrogens (tertiary/aromatic N) is 1. The summed E-state index contributed by atoms with van der Waals surface area (Å²) in [5.74, 6) is -0.156. The zero-order chi connectivity index (χ0) is 16.7. The van der Waals surface area contributed by atoms with Gasteiger partial charge in [-0.05, 0) is 24.1 Å². The van der Waals surface area contributed by atoms with Crippen molar-refractivity contribution in [2.75, 3.05) is 26.2 Å². The molecule has 0 aliphatic carbocycles. The second-order valence-electron chi connectivity index (χ2n) is 6.12. The smallest absolute Gasteiger partial charge is 0.308 e. The van der Waals surface area contributed by atoms with Crippen LogP contribution in [0.25, 0.3) is 0 Å². The number of phenolic OH excluding ortho intramolecular Hbond substituents is 1. The Balaban J connectivity index is 2.16. The minimum absolute atomic E-state index is 0.0355. The molecule has 1 fully saturated rings. The maximum absolute atomic E-state index is 11.1. The number of unbranched alkanes of at least 4 members (excludes halogenated alkanes) is 2. The van der Waals surface area contributed by atoms with Gasteiger partial charge in [-0.3, -0.25) is 9.69 Å². The Kier molecular flexibility index (Phi) is 6.86. The molecule has 0 amide bonds. The molecule has 1 aromatic carbocycles. The highest BCUT2D eigenvalue weighted by atomic mass is 16.5. The number of phenols is 1. The van der Waals surface area contributed by atoms with Gasteiger partial charge in [0.25, 0.3) is 0 Å². The number of hydrogen-bond donors (Lipinski definition) is 2. The van der Waals surface area contributed by atoms with Crippen LogP contribution in [0, 0.1) is 0 Å². The predicted molar refractivity (Wildman–Crippen MR) is 90.7 cm³/mol. The average Bonchev–Trinajstić information content (AvgIpc) is 2.54. The minimum atomic E-state index is -0.422. The molecular weight excluding hydrogens is 292 g/mol. The lowest BCUT2D eigenvalue weighted by atomic mass is 9.97. The van der Waals surface area contributed by atoms with E-state index in [2.05, 4.69) is 17.1 Å². The summed E-state index contributed by atoms with van der Waals surface area (Å²) in [6.45, 7) is 7.58. The minimum Gasteiger partial charge on any atom is -0.504 e. The number of hydrogen-bond acceptors (Lipinski definition) is 5. The molecule has 5 nitrogen and oxygen atoms in total. The molecule has 0 spiro atoms. The lowest BCUT2D eigenvalue weighted by Gasteiger charge is -2.35. The van der Waals surface area contributed by atoms with Gasteiger partial charge in [0.05, 0.1) is 0 Å². The summed E-state index contributed by atoms with van der Waals surface area (Å²) in [6.07, 6.45) is 4.68. The number of benzene rings is 1. The van der Waals surface area contributed by atoms with E-state index in [0.29, 0.717) is 6.04 Å². The average molecular weight is 320 g/mol. The monoisotopic (exact) mass is 320 g/mol. The first-order valence-electron chi connectivity index (χ1n) is 8.58. The van der Waals surface area contributed by atoms with Crippen molar-refractivity contribution >= 4 is 5.97 Å². The zero-order valence-electron chi connectivity index (χ0n) is 14.2. The molecule has 1 aliphatic rings. The number of nitrogens with one attached hydrogen (secondary N) is 1. The Bertz CT molecular complexity index is 513. The molecule has 2 N–H and O–H groups in total. The SMILES string of the molecule is CCCCC[C@@H](c1ccc(OC(C)=O)c(O)c1)N1CCNCC1.